The molecule has 2 aromatic heterocycles. The van der Waals surface area contributed by atoms with Crippen molar-refractivity contribution in [3.63, 3.8) is 0 Å². The van der Waals surface area contributed by atoms with Crippen LogP contribution in [0.2, 0.25) is 0 Å². The van der Waals surface area contributed by atoms with Crippen LogP contribution in [-0.2, 0) is 19.6 Å². The maximum Gasteiger partial charge on any atom is 0.122 e. The molecule has 18 heavy (non-hydrogen) atoms. The molecule has 0 aliphatic heterocycles. The SMILES string of the molecule is CCCn1ccnc1CNCCCn1cccn1. The number of rotatable bonds is 8. The van der Waals surface area contributed by atoms with E-state index in [9.17, 15) is 0 Å². The van der Waals surface area contributed by atoms with Crippen LogP contribution in [0.25, 0.3) is 0 Å². The van der Waals surface area contributed by atoms with Gasteiger partial charge in [-0.1, -0.05) is 6.92 Å². The molecule has 0 saturated heterocycles. The van der Waals surface area contributed by atoms with E-state index in [0.717, 1.165) is 44.8 Å². The molecule has 0 unspecified atom stereocenters. The summed E-state index contributed by atoms with van der Waals surface area (Å²) in [5.41, 5.74) is 0. The van der Waals surface area contributed by atoms with Crippen molar-refractivity contribution in [2.24, 2.45) is 0 Å². The van der Waals surface area contributed by atoms with Crippen LogP contribution in [0.3, 0.4) is 0 Å². The minimum atomic E-state index is 0.839. The first-order chi connectivity index (χ1) is 8.90. The fraction of sp³-hybridized carbons (Fsp3) is 0.538. The largest absolute Gasteiger partial charge is 0.334 e. The molecule has 1 N–H and O–H groups in total. The van der Waals surface area contributed by atoms with Crippen molar-refractivity contribution in [1.82, 2.24) is 24.6 Å². The van der Waals surface area contributed by atoms with Gasteiger partial charge >= 0.3 is 0 Å². The lowest BCUT2D eigenvalue weighted by molar-refractivity contribution is 0.527. The van der Waals surface area contributed by atoms with Crippen molar-refractivity contribution in [2.45, 2.75) is 39.4 Å². The average Bonchev–Trinajstić information content (AvgIpc) is 3.01. The van der Waals surface area contributed by atoms with Gasteiger partial charge in [-0.2, -0.15) is 5.10 Å². The van der Waals surface area contributed by atoms with Crippen LogP contribution < -0.4 is 5.32 Å². The Morgan fingerprint density at radius 1 is 1.22 bits per heavy atom. The molecule has 2 rings (SSSR count). The van der Waals surface area contributed by atoms with Gasteiger partial charge in [0.25, 0.3) is 0 Å². The molecule has 98 valence electrons. The predicted octanol–water partition coefficient (Wildman–Crippen LogP) is 1.67. The van der Waals surface area contributed by atoms with Gasteiger partial charge in [0, 0.05) is 37.9 Å². The summed E-state index contributed by atoms with van der Waals surface area (Å²) in [7, 11) is 0. The molecule has 0 amide bonds. The summed E-state index contributed by atoms with van der Waals surface area (Å²) in [5.74, 6) is 1.12. The summed E-state index contributed by atoms with van der Waals surface area (Å²) in [5, 5.41) is 7.60. The van der Waals surface area contributed by atoms with Gasteiger partial charge in [0.05, 0.1) is 6.54 Å². The van der Waals surface area contributed by atoms with Crippen LogP contribution in [0.15, 0.2) is 30.9 Å². The highest BCUT2D eigenvalue weighted by Crippen LogP contribution is 1.99. The van der Waals surface area contributed by atoms with Gasteiger partial charge < -0.3 is 9.88 Å². The Bertz CT molecular complexity index is 432. The molecular formula is C13H21N5. The first-order valence-electron chi connectivity index (χ1n) is 6.58. The van der Waals surface area contributed by atoms with Crippen LogP contribution in [0.5, 0.6) is 0 Å². The third kappa shape index (κ3) is 3.70. The molecule has 5 nitrogen and oxygen atoms in total. The van der Waals surface area contributed by atoms with Gasteiger partial charge in [0.15, 0.2) is 0 Å². The predicted molar refractivity (Wildman–Crippen MR) is 71.1 cm³/mol. The summed E-state index contributed by atoms with van der Waals surface area (Å²) in [4.78, 5) is 4.37. The van der Waals surface area contributed by atoms with Crippen LogP contribution >= 0.6 is 0 Å². The standard InChI is InChI=1S/C13H21N5/c1-2-8-17-11-7-15-13(17)12-14-5-3-9-18-10-4-6-16-18/h4,6-7,10-11,14H,2-3,5,8-9,12H2,1H3. The van der Waals surface area contributed by atoms with E-state index in [-0.39, 0.29) is 0 Å². The Labute approximate surface area is 108 Å². The zero-order valence-electron chi connectivity index (χ0n) is 10.9. The lowest BCUT2D eigenvalue weighted by atomic mass is 10.4. The summed E-state index contributed by atoms with van der Waals surface area (Å²) >= 11 is 0. The molecule has 2 aromatic rings. The Kier molecular flexibility index (Phi) is 4.96. The third-order valence-electron chi connectivity index (χ3n) is 2.85. The van der Waals surface area contributed by atoms with E-state index in [2.05, 4.69) is 26.9 Å². The highest BCUT2D eigenvalue weighted by atomic mass is 15.3. The third-order valence-corrected chi connectivity index (χ3v) is 2.85. The van der Waals surface area contributed by atoms with Crippen molar-refractivity contribution in [1.29, 1.82) is 0 Å². The van der Waals surface area contributed by atoms with Crippen molar-refractivity contribution in [3.8, 4) is 0 Å². The molecule has 0 aliphatic carbocycles. The molecule has 0 bridgehead atoms. The van der Waals surface area contributed by atoms with Crippen molar-refractivity contribution >= 4 is 0 Å². The quantitative estimate of drug-likeness (QED) is 0.722. The number of imidazole rings is 1. The zero-order chi connectivity index (χ0) is 12.6. The smallest absolute Gasteiger partial charge is 0.122 e. The number of hydrogen-bond donors (Lipinski definition) is 1. The van der Waals surface area contributed by atoms with Gasteiger partial charge in [-0.15, -0.1) is 0 Å². The van der Waals surface area contributed by atoms with Gasteiger partial charge in [0.1, 0.15) is 5.82 Å². The minimum Gasteiger partial charge on any atom is -0.334 e. The second-order valence-corrected chi connectivity index (χ2v) is 4.34. The lowest BCUT2D eigenvalue weighted by Gasteiger charge is -2.07. The zero-order valence-corrected chi connectivity index (χ0v) is 10.9. The molecule has 0 spiro atoms. The minimum absolute atomic E-state index is 0.839. The molecular weight excluding hydrogens is 226 g/mol. The van der Waals surface area contributed by atoms with Gasteiger partial charge in [-0.25, -0.2) is 4.98 Å². The van der Waals surface area contributed by atoms with E-state index >= 15 is 0 Å². The topological polar surface area (TPSA) is 47.7 Å². The number of nitrogens with one attached hydrogen (secondary N) is 1. The summed E-state index contributed by atoms with van der Waals surface area (Å²) in [6, 6.07) is 1.95. The van der Waals surface area contributed by atoms with E-state index in [1.165, 1.54) is 0 Å². The van der Waals surface area contributed by atoms with Crippen LogP contribution in [0.4, 0.5) is 0 Å². The van der Waals surface area contributed by atoms with Gasteiger partial charge in [0.2, 0.25) is 0 Å². The van der Waals surface area contributed by atoms with Gasteiger partial charge in [-0.05, 0) is 25.5 Å². The summed E-state index contributed by atoms with van der Waals surface area (Å²) in [6.07, 6.45) is 9.95. The number of aryl methyl sites for hydroxylation is 2. The highest BCUT2D eigenvalue weighted by molar-refractivity contribution is 4.91. The Morgan fingerprint density at radius 3 is 2.94 bits per heavy atom. The fourth-order valence-corrected chi connectivity index (χ4v) is 1.95. The molecule has 0 saturated carbocycles. The van der Waals surface area contributed by atoms with E-state index in [1.54, 1.807) is 0 Å². The van der Waals surface area contributed by atoms with E-state index in [0.29, 0.717) is 0 Å². The summed E-state index contributed by atoms with van der Waals surface area (Å²) in [6.45, 7) is 6.01. The van der Waals surface area contributed by atoms with E-state index in [1.807, 2.05) is 35.5 Å². The highest BCUT2D eigenvalue weighted by Gasteiger charge is 2.00. The number of hydrogen-bond acceptors (Lipinski definition) is 3. The Balaban J connectivity index is 1.64. The van der Waals surface area contributed by atoms with Crippen LogP contribution in [0, 0.1) is 0 Å². The molecule has 0 atom stereocenters. The van der Waals surface area contributed by atoms with Crippen LogP contribution in [0.1, 0.15) is 25.6 Å². The molecule has 0 radical (unpaired) electrons. The second-order valence-electron chi connectivity index (χ2n) is 4.34. The number of nitrogens with zero attached hydrogens (tertiary/aromatic N) is 4. The maximum atomic E-state index is 4.37. The molecule has 5 heteroatoms. The molecule has 2 heterocycles. The van der Waals surface area contributed by atoms with Crippen LogP contribution in [-0.4, -0.2) is 25.9 Å². The van der Waals surface area contributed by atoms with E-state index < -0.39 is 0 Å². The van der Waals surface area contributed by atoms with Gasteiger partial charge in [-0.3, -0.25) is 4.68 Å². The average molecular weight is 247 g/mol. The number of aromatic nitrogens is 4. The fourth-order valence-electron chi connectivity index (χ4n) is 1.95. The maximum absolute atomic E-state index is 4.37. The van der Waals surface area contributed by atoms with Crippen molar-refractivity contribution in [2.75, 3.05) is 6.54 Å². The van der Waals surface area contributed by atoms with E-state index in [4.69, 9.17) is 0 Å². The molecule has 0 aliphatic rings. The first kappa shape index (κ1) is 12.8. The Hall–Kier alpha value is -1.62. The lowest BCUT2D eigenvalue weighted by Crippen LogP contribution is -2.19. The van der Waals surface area contributed by atoms with Crippen molar-refractivity contribution in [3.05, 3.63) is 36.7 Å². The Morgan fingerprint density at radius 2 is 2.17 bits per heavy atom. The second kappa shape index (κ2) is 6.96. The molecule has 0 fully saturated rings. The van der Waals surface area contributed by atoms with Crippen molar-refractivity contribution < 1.29 is 0 Å². The normalized spacial score (nSPS) is 10.9. The first-order valence-corrected chi connectivity index (χ1v) is 6.58. The summed E-state index contributed by atoms with van der Waals surface area (Å²) < 4.78 is 4.17. The monoisotopic (exact) mass is 247 g/mol. The molecule has 0 aromatic carbocycles.